The number of nitrogens with zero attached hydrogens (tertiary/aromatic N) is 3. The first-order valence-corrected chi connectivity index (χ1v) is 7.95. The molecule has 1 aromatic heterocycles. The lowest BCUT2D eigenvalue weighted by Gasteiger charge is -2.48. The average molecular weight is 276 g/mol. The van der Waals surface area contributed by atoms with Gasteiger partial charge in [-0.3, -0.25) is 4.90 Å². The summed E-state index contributed by atoms with van der Waals surface area (Å²) in [5.74, 6) is 0. The van der Waals surface area contributed by atoms with E-state index in [0.29, 0.717) is 0 Å². The molecular weight excluding hydrogens is 248 g/mol. The summed E-state index contributed by atoms with van der Waals surface area (Å²) in [5, 5.41) is 3.67. The lowest BCUT2D eigenvalue weighted by Crippen LogP contribution is -2.56. The van der Waals surface area contributed by atoms with Crippen molar-refractivity contribution in [1.82, 2.24) is 20.2 Å². The fourth-order valence-electron chi connectivity index (χ4n) is 3.38. The number of hydrogen-bond donors (Lipinski definition) is 1. The van der Waals surface area contributed by atoms with E-state index in [-0.39, 0.29) is 11.6 Å². The molecule has 1 aliphatic rings. The Morgan fingerprint density at radius 1 is 1.20 bits per heavy atom. The summed E-state index contributed by atoms with van der Waals surface area (Å²) in [6.45, 7) is 10.2. The van der Waals surface area contributed by atoms with Crippen molar-refractivity contribution in [2.75, 3.05) is 19.6 Å². The summed E-state index contributed by atoms with van der Waals surface area (Å²) in [7, 11) is 0. The van der Waals surface area contributed by atoms with E-state index in [4.69, 9.17) is 0 Å². The number of piperidine rings is 1. The minimum atomic E-state index is 0.126. The van der Waals surface area contributed by atoms with Crippen LogP contribution in [-0.2, 0) is 0 Å². The quantitative estimate of drug-likeness (QED) is 0.867. The Kier molecular flexibility index (Phi) is 5.49. The first-order valence-electron chi connectivity index (χ1n) is 7.95. The predicted molar refractivity (Wildman–Crippen MR) is 82.6 cm³/mol. The van der Waals surface area contributed by atoms with Crippen LogP contribution in [-0.4, -0.2) is 40.0 Å². The largest absolute Gasteiger partial charge is 0.309 e. The van der Waals surface area contributed by atoms with Gasteiger partial charge in [-0.15, -0.1) is 0 Å². The van der Waals surface area contributed by atoms with Gasteiger partial charge >= 0.3 is 0 Å². The Balaban J connectivity index is 2.28. The highest BCUT2D eigenvalue weighted by molar-refractivity contribution is 5.16. The summed E-state index contributed by atoms with van der Waals surface area (Å²) in [4.78, 5) is 11.1. The topological polar surface area (TPSA) is 41.1 Å². The molecule has 2 rings (SSSR count). The summed E-state index contributed by atoms with van der Waals surface area (Å²) < 4.78 is 0. The monoisotopic (exact) mass is 276 g/mol. The summed E-state index contributed by atoms with van der Waals surface area (Å²) in [6.07, 6.45) is 10.7. The molecule has 0 aliphatic carbocycles. The molecule has 0 amide bonds. The van der Waals surface area contributed by atoms with E-state index in [1.165, 1.54) is 37.9 Å². The maximum absolute atomic E-state index is 4.21. The van der Waals surface area contributed by atoms with E-state index < -0.39 is 0 Å². The van der Waals surface area contributed by atoms with Crippen LogP contribution >= 0.6 is 0 Å². The highest BCUT2D eigenvalue weighted by atomic mass is 15.2. The lowest BCUT2D eigenvalue weighted by molar-refractivity contribution is 0.0427. The highest BCUT2D eigenvalue weighted by Crippen LogP contribution is 2.35. The molecule has 4 nitrogen and oxygen atoms in total. The Labute approximate surface area is 123 Å². The molecule has 2 unspecified atom stereocenters. The predicted octanol–water partition coefficient (Wildman–Crippen LogP) is 2.78. The zero-order valence-corrected chi connectivity index (χ0v) is 13.1. The highest BCUT2D eigenvalue weighted by Gasteiger charge is 2.39. The van der Waals surface area contributed by atoms with Crippen LogP contribution in [0.15, 0.2) is 18.7 Å². The van der Waals surface area contributed by atoms with Gasteiger partial charge in [0.15, 0.2) is 0 Å². The van der Waals surface area contributed by atoms with Crippen molar-refractivity contribution in [3.05, 3.63) is 24.3 Å². The van der Waals surface area contributed by atoms with Gasteiger partial charge in [-0.2, -0.15) is 0 Å². The molecule has 0 radical (unpaired) electrons. The average Bonchev–Trinajstić information content (AvgIpc) is 2.53. The van der Waals surface area contributed by atoms with Gasteiger partial charge < -0.3 is 5.32 Å². The molecule has 0 aromatic carbocycles. The van der Waals surface area contributed by atoms with Crippen molar-refractivity contribution in [3.63, 3.8) is 0 Å². The van der Waals surface area contributed by atoms with Gasteiger partial charge in [-0.1, -0.05) is 20.3 Å². The van der Waals surface area contributed by atoms with Gasteiger partial charge in [0.2, 0.25) is 0 Å². The van der Waals surface area contributed by atoms with Crippen molar-refractivity contribution in [1.29, 1.82) is 0 Å². The second kappa shape index (κ2) is 7.14. The normalized spacial score (nSPS) is 21.4. The molecule has 112 valence electrons. The van der Waals surface area contributed by atoms with E-state index in [0.717, 1.165) is 13.0 Å². The number of nitrogens with one attached hydrogen (secondary N) is 1. The SMILES string of the molecule is CCNC(c1cncnc1)C(C)(CC)N1CCCCC1. The van der Waals surface area contributed by atoms with Crippen molar-refractivity contribution < 1.29 is 0 Å². The standard InChI is InChI=1S/C16H28N4/c1-4-16(3,20-9-7-6-8-10-20)15(19-5-2)14-11-17-13-18-12-14/h11-13,15,19H,4-10H2,1-3H3. The molecule has 2 atom stereocenters. The molecule has 4 heteroatoms. The molecule has 0 spiro atoms. The third-order valence-electron chi connectivity index (χ3n) is 4.74. The van der Waals surface area contributed by atoms with Crippen molar-refractivity contribution in [3.8, 4) is 0 Å². The van der Waals surface area contributed by atoms with E-state index in [1.807, 2.05) is 12.4 Å². The third kappa shape index (κ3) is 3.18. The summed E-state index contributed by atoms with van der Waals surface area (Å²) in [6, 6.07) is 0.289. The van der Waals surface area contributed by atoms with Gasteiger partial charge in [0.25, 0.3) is 0 Å². The van der Waals surface area contributed by atoms with Crippen LogP contribution in [0.25, 0.3) is 0 Å². The van der Waals surface area contributed by atoms with Gasteiger partial charge in [-0.25, -0.2) is 9.97 Å². The van der Waals surface area contributed by atoms with Crippen molar-refractivity contribution in [2.24, 2.45) is 0 Å². The molecule has 1 N–H and O–H groups in total. The Morgan fingerprint density at radius 3 is 2.40 bits per heavy atom. The van der Waals surface area contributed by atoms with Crippen LogP contribution in [0.3, 0.4) is 0 Å². The van der Waals surface area contributed by atoms with Gasteiger partial charge in [-0.05, 0) is 45.8 Å². The fraction of sp³-hybridized carbons (Fsp3) is 0.750. The van der Waals surface area contributed by atoms with Gasteiger partial charge in [0.1, 0.15) is 6.33 Å². The summed E-state index contributed by atoms with van der Waals surface area (Å²) >= 11 is 0. The summed E-state index contributed by atoms with van der Waals surface area (Å²) in [5.41, 5.74) is 1.32. The molecule has 2 heterocycles. The molecule has 1 saturated heterocycles. The van der Waals surface area contributed by atoms with Crippen LogP contribution in [0.5, 0.6) is 0 Å². The molecule has 20 heavy (non-hydrogen) atoms. The van der Waals surface area contributed by atoms with Crippen LogP contribution < -0.4 is 5.32 Å². The number of rotatable bonds is 6. The van der Waals surface area contributed by atoms with E-state index in [9.17, 15) is 0 Å². The number of hydrogen-bond acceptors (Lipinski definition) is 4. The number of likely N-dealkylation sites (N-methyl/N-ethyl adjacent to an activating group) is 1. The van der Waals surface area contributed by atoms with Crippen LogP contribution in [0.1, 0.15) is 58.1 Å². The number of likely N-dealkylation sites (tertiary alicyclic amines) is 1. The first-order chi connectivity index (χ1) is 9.72. The van der Waals surface area contributed by atoms with Crippen LogP contribution in [0.2, 0.25) is 0 Å². The molecular formula is C16H28N4. The molecule has 0 bridgehead atoms. The Morgan fingerprint density at radius 2 is 1.85 bits per heavy atom. The Bertz CT molecular complexity index is 389. The smallest absolute Gasteiger partial charge is 0.115 e. The van der Waals surface area contributed by atoms with E-state index in [2.05, 4.69) is 41.0 Å². The second-order valence-corrected chi connectivity index (χ2v) is 5.92. The number of aromatic nitrogens is 2. The van der Waals surface area contributed by atoms with Gasteiger partial charge in [0, 0.05) is 23.5 Å². The lowest BCUT2D eigenvalue weighted by atomic mass is 9.82. The van der Waals surface area contributed by atoms with E-state index in [1.54, 1.807) is 6.33 Å². The van der Waals surface area contributed by atoms with Crippen molar-refractivity contribution in [2.45, 2.75) is 58.0 Å². The minimum Gasteiger partial charge on any atom is -0.309 e. The minimum absolute atomic E-state index is 0.126. The molecule has 1 aromatic rings. The molecule has 1 fully saturated rings. The van der Waals surface area contributed by atoms with Crippen LogP contribution in [0, 0.1) is 0 Å². The van der Waals surface area contributed by atoms with Gasteiger partial charge in [0.05, 0.1) is 6.04 Å². The van der Waals surface area contributed by atoms with Crippen molar-refractivity contribution >= 4 is 0 Å². The first kappa shape index (κ1) is 15.4. The van der Waals surface area contributed by atoms with Crippen LogP contribution in [0.4, 0.5) is 0 Å². The zero-order chi connectivity index (χ0) is 14.4. The molecule has 0 saturated carbocycles. The Hall–Kier alpha value is -1.00. The van der Waals surface area contributed by atoms with E-state index >= 15 is 0 Å². The maximum Gasteiger partial charge on any atom is 0.115 e. The molecule has 1 aliphatic heterocycles. The second-order valence-electron chi connectivity index (χ2n) is 5.92. The fourth-order valence-corrected chi connectivity index (χ4v) is 3.38. The third-order valence-corrected chi connectivity index (χ3v) is 4.74. The zero-order valence-electron chi connectivity index (χ0n) is 13.1. The maximum atomic E-state index is 4.21.